The highest BCUT2D eigenvalue weighted by Crippen LogP contribution is 2.34. The van der Waals surface area contributed by atoms with E-state index < -0.39 is 17.6 Å². The van der Waals surface area contributed by atoms with Crippen molar-refractivity contribution in [2.45, 2.75) is 19.5 Å². The van der Waals surface area contributed by atoms with Crippen molar-refractivity contribution in [2.24, 2.45) is 0 Å². The molecule has 1 amide bonds. The fraction of sp³-hybridized carbons (Fsp3) is 0.235. The summed E-state index contributed by atoms with van der Waals surface area (Å²) in [5.41, 5.74) is -0.240. The molecule has 0 bridgehead atoms. The lowest BCUT2D eigenvalue weighted by Crippen LogP contribution is -2.22. The van der Waals surface area contributed by atoms with Gasteiger partial charge < -0.3 is 10.1 Å². The van der Waals surface area contributed by atoms with Crippen molar-refractivity contribution in [3.63, 3.8) is 0 Å². The van der Waals surface area contributed by atoms with Crippen LogP contribution < -0.4 is 10.1 Å². The van der Waals surface area contributed by atoms with E-state index in [1.807, 2.05) is 19.1 Å². The van der Waals surface area contributed by atoms with Gasteiger partial charge in [0, 0.05) is 0 Å². The molecule has 6 heteroatoms. The summed E-state index contributed by atoms with van der Waals surface area (Å²) in [7, 11) is 0. The van der Waals surface area contributed by atoms with Gasteiger partial charge in [-0.3, -0.25) is 4.79 Å². The largest absolute Gasteiger partial charge is 0.483 e. The Bertz CT molecular complexity index is 684. The summed E-state index contributed by atoms with van der Waals surface area (Å²) >= 11 is 0. The molecule has 0 radical (unpaired) electrons. The van der Waals surface area contributed by atoms with Gasteiger partial charge in [0.2, 0.25) is 0 Å². The van der Waals surface area contributed by atoms with Gasteiger partial charge in [0.25, 0.3) is 5.91 Å². The molecule has 0 unspecified atom stereocenters. The van der Waals surface area contributed by atoms with Crippen molar-refractivity contribution in [1.29, 1.82) is 0 Å². The topological polar surface area (TPSA) is 38.3 Å². The Labute approximate surface area is 132 Å². The molecule has 0 atom stereocenters. The van der Waals surface area contributed by atoms with Crippen molar-refractivity contribution in [2.75, 3.05) is 11.9 Å². The average molecular weight is 323 g/mol. The lowest BCUT2D eigenvalue weighted by Gasteiger charge is -2.14. The lowest BCUT2D eigenvalue weighted by molar-refractivity contribution is -0.137. The molecule has 0 aliphatic carbocycles. The van der Waals surface area contributed by atoms with Crippen LogP contribution in [0.1, 0.15) is 18.1 Å². The van der Waals surface area contributed by atoms with Crippen molar-refractivity contribution < 1.29 is 22.7 Å². The quantitative estimate of drug-likeness (QED) is 0.891. The van der Waals surface area contributed by atoms with Crippen molar-refractivity contribution >= 4 is 11.6 Å². The maximum absolute atomic E-state index is 12.9. The Balaban J connectivity index is 2.04. The highest BCUT2D eigenvalue weighted by Gasteiger charge is 2.33. The van der Waals surface area contributed by atoms with Gasteiger partial charge in [0.15, 0.2) is 6.61 Å². The molecule has 3 nitrogen and oxygen atoms in total. The summed E-state index contributed by atoms with van der Waals surface area (Å²) in [6.45, 7) is 1.59. The molecule has 1 N–H and O–H groups in total. The zero-order valence-corrected chi connectivity index (χ0v) is 12.5. The van der Waals surface area contributed by atoms with E-state index >= 15 is 0 Å². The molecule has 0 spiro atoms. The van der Waals surface area contributed by atoms with Gasteiger partial charge in [-0.25, -0.2) is 0 Å². The highest BCUT2D eigenvalue weighted by atomic mass is 19.4. The van der Waals surface area contributed by atoms with E-state index in [1.54, 1.807) is 12.1 Å². The SMILES string of the molecule is CCc1ccccc1OCC(=O)Nc1ccccc1C(F)(F)F. The third-order valence-electron chi connectivity index (χ3n) is 3.22. The number of alkyl halides is 3. The number of benzene rings is 2. The molecule has 122 valence electrons. The fourth-order valence-corrected chi connectivity index (χ4v) is 2.11. The first-order valence-corrected chi connectivity index (χ1v) is 7.08. The zero-order valence-electron chi connectivity index (χ0n) is 12.5. The van der Waals surface area contributed by atoms with Gasteiger partial charge in [0.05, 0.1) is 11.3 Å². The molecule has 0 aromatic heterocycles. The first kappa shape index (κ1) is 16.9. The number of ether oxygens (including phenoxy) is 1. The molecule has 0 saturated heterocycles. The molecule has 0 aliphatic rings. The summed E-state index contributed by atoms with van der Waals surface area (Å²) in [6.07, 6.45) is -3.80. The number of amides is 1. The van der Waals surface area contributed by atoms with Crippen LogP contribution in [0.15, 0.2) is 48.5 Å². The van der Waals surface area contributed by atoms with Gasteiger partial charge in [0.1, 0.15) is 5.75 Å². The summed E-state index contributed by atoms with van der Waals surface area (Å²) in [5, 5.41) is 2.24. The van der Waals surface area contributed by atoms with E-state index in [1.165, 1.54) is 18.2 Å². The van der Waals surface area contributed by atoms with Crippen LogP contribution in [0, 0.1) is 0 Å². The molecule has 23 heavy (non-hydrogen) atoms. The molecular formula is C17H16F3NO2. The Hall–Kier alpha value is -2.50. The number of hydrogen-bond acceptors (Lipinski definition) is 2. The molecule has 0 heterocycles. The number of para-hydroxylation sites is 2. The molecule has 0 fully saturated rings. The molecular weight excluding hydrogens is 307 g/mol. The Kier molecular flexibility index (Phi) is 5.26. The fourth-order valence-electron chi connectivity index (χ4n) is 2.11. The summed E-state index contributed by atoms with van der Waals surface area (Å²) in [6, 6.07) is 12.0. The monoisotopic (exact) mass is 323 g/mol. The number of hydrogen-bond donors (Lipinski definition) is 1. The Morgan fingerprint density at radius 1 is 1.09 bits per heavy atom. The number of carbonyl (C=O) groups is 1. The van der Waals surface area contributed by atoms with Crippen LogP contribution in [-0.2, 0) is 17.4 Å². The van der Waals surface area contributed by atoms with E-state index in [2.05, 4.69) is 5.32 Å². The molecule has 2 aromatic carbocycles. The minimum atomic E-state index is -4.53. The number of anilines is 1. The predicted molar refractivity (Wildman–Crippen MR) is 81.4 cm³/mol. The molecule has 2 aromatic rings. The Morgan fingerprint density at radius 3 is 2.43 bits per heavy atom. The molecule has 0 saturated carbocycles. The molecule has 0 aliphatic heterocycles. The lowest BCUT2D eigenvalue weighted by atomic mass is 10.1. The van der Waals surface area contributed by atoms with Gasteiger partial charge in [-0.05, 0) is 30.2 Å². The van der Waals surface area contributed by atoms with Crippen LogP contribution in [0.5, 0.6) is 5.75 Å². The second kappa shape index (κ2) is 7.17. The highest BCUT2D eigenvalue weighted by molar-refractivity contribution is 5.92. The van der Waals surface area contributed by atoms with Crippen LogP contribution in [0.3, 0.4) is 0 Å². The Morgan fingerprint density at radius 2 is 1.74 bits per heavy atom. The molecule has 2 rings (SSSR count). The van der Waals surface area contributed by atoms with E-state index in [0.29, 0.717) is 5.75 Å². The van der Waals surface area contributed by atoms with Gasteiger partial charge in [-0.15, -0.1) is 0 Å². The standard InChI is InChI=1S/C17H16F3NO2/c1-2-12-7-3-6-10-15(12)23-11-16(22)21-14-9-5-4-8-13(14)17(18,19)20/h3-10H,2,11H2,1H3,(H,21,22). The van der Waals surface area contributed by atoms with Gasteiger partial charge in [-0.1, -0.05) is 37.3 Å². The van der Waals surface area contributed by atoms with Crippen LogP contribution in [0.4, 0.5) is 18.9 Å². The van der Waals surface area contributed by atoms with E-state index in [-0.39, 0.29) is 12.3 Å². The number of halogens is 3. The van der Waals surface area contributed by atoms with E-state index in [0.717, 1.165) is 18.1 Å². The van der Waals surface area contributed by atoms with Crippen LogP contribution in [0.25, 0.3) is 0 Å². The third-order valence-corrected chi connectivity index (χ3v) is 3.22. The second-order valence-corrected chi connectivity index (χ2v) is 4.84. The minimum Gasteiger partial charge on any atom is -0.483 e. The first-order chi connectivity index (χ1) is 10.9. The van der Waals surface area contributed by atoms with Crippen molar-refractivity contribution in [3.05, 3.63) is 59.7 Å². The minimum absolute atomic E-state index is 0.280. The van der Waals surface area contributed by atoms with E-state index in [4.69, 9.17) is 4.74 Å². The maximum Gasteiger partial charge on any atom is 0.418 e. The number of carbonyl (C=O) groups excluding carboxylic acids is 1. The third kappa shape index (κ3) is 4.48. The predicted octanol–water partition coefficient (Wildman–Crippen LogP) is 4.29. The maximum atomic E-state index is 12.9. The number of nitrogens with one attached hydrogen (secondary N) is 1. The number of aryl methyl sites for hydroxylation is 1. The average Bonchev–Trinajstić information content (AvgIpc) is 2.52. The van der Waals surface area contributed by atoms with Crippen LogP contribution in [0.2, 0.25) is 0 Å². The smallest absolute Gasteiger partial charge is 0.418 e. The van der Waals surface area contributed by atoms with Gasteiger partial charge >= 0.3 is 6.18 Å². The number of rotatable bonds is 5. The van der Waals surface area contributed by atoms with Gasteiger partial charge in [-0.2, -0.15) is 13.2 Å². The summed E-state index contributed by atoms with van der Waals surface area (Å²) in [4.78, 5) is 11.9. The second-order valence-electron chi connectivity index (χ2n) is 4.84. The van der Waals surface area contributed by atoms with E-state index in [9.17, 15) is 18.0 Å². The first-order valence-electron chi connectivity index (χ1n) is 7.08. The zero-order chi connectivity index (χ0) is 16.9. The van der Waals surface area contributed by atoms with Crippen LogP contribution >= 0.6 is 0 Å². The van der Waals surface area contributed by atoms with Crippen molar-refractivity contribution in [3.8, 4) is 5.75 Å². The summed E-state index contributed by atoms with van der Waals surface area (Å²) < 4.78 is 44.0. The van der Waals surface area contributed by atoms with Crippen molar-refractivity contribution in [1.82, 2.24) is 0 Å². The van der Waals surface area contributed by atoms with Crippen LogP contribution in [-0.4, -0.2) is 12.5 Å². The normalized spacial score (nSPS) is 11.1. The summed E-state index contributed by atoms with van der Waals surface area (Å²) in [5.74, 6) is -0.0955.